The number of phosphoric ester groups is 1. The Balaban J connectivity index is 4.19. The third kappa shape index (κ3) is 56.2. The van der Waals surface area contributed by atoms with E-state index in [1.54, 1.807) is 6.08 Å². The topological polar surface area (TPSA) is 105 Å². The van der Waals surface area contributed by atoms with Crippen molar-refractivity contribution < 1.29 is 32.9 Å². The number of hydrogen-bond donors (Lipinski definition) is 3. The zero-order valence-electron chi connectivity index (χ0n) is 48.4. The van der Waals surface area contributed by atoms with Gasteiger partial charge in [-0.15, -0.1) is 0 Å². The first-order valence-electron chi connectivity index (χ1n) is 31.0. The summed E-state index contributed by atoms with van der Waals surface area (Å²) < 4.78 is 23.7. The highest BCUT2D eigenvalue weighted by Crippen LogP contribution is 2.43. The summed E-state index contributed by atoms with van der Waals surface area (Å²) in [5.41, 5.74) is 0. The maximum absolute atomic E-state index is 13.0. The van der Waals surface area contributed by atoms with Gasteiger partial charge in [-0.05, 0) is 70.6 Å². The first-order valence-corrected chi connectivity index (χ1v) is 32.5. The van der Waals surface area contributed by atoms with Gasteiger partial charge in [0, 0.05) is 6.42 Å². The van der Waals surface area contributed by atoms with Crippen LogP contribution in [0.2, 0.25) is 0 Å². The molecule has 0 aromatic heterocycles. The quantitative estimate of drug-likeness (QED) is 0.0243. The van der Waals surface area contributed by atoms with Crippen molar-refractivity contribution in [3.8, 4) is 0 Å². The van der Waals surface area contributed by atoms with E-state index in [1.165, 1.54) is 231 Å². The monoisotopic (exact) mass is 1030 g/mol. The second-order valence-corrected chi connectivity index (χ2v) is 23.9. The van der Waals surface area contributed by atoms with Crippen LogP contribution >= 0.6 is 7.82 Å². The van der Waals surface area contributed by atoms with Gasteiger partial charge in [-0.1, -0.05) is 268 Å². The van der Waals surface area contributed by atoms with Gasteiger partial charge in [0.2, 0.25) is 5.91 Å². The number of likely N-dealkylation sites (N-methyl/N-ethyl adjacent to an activating group) is 1. The highest BCUT2D eigenvalue weighted by atomic mass is 31.2. The van der Waals surface area contributed by atoms with Crippen LogP contribution in [0.25, 0.3) is 0 Å². The maximum atomic E-state index is 13.0. The van der Waals surface area contributed by atoms with Gasteiger partial charge in [0.05, 0.1) is 39.9 Å². The van der Waals surface area contributed by atoms with Gasteiger partial charge in [-0.2, -0.15) is 0 Å². The van der Waals surface area contributed by atoms with Crippen LogP contribution in [0.15, 0.2) is 48.6 Å². The lowest BCUT2D eigenvalue weighted by Gasteiger charge is -2.25. The molecule has 0 aromatic rings. The summed E-state index contributed by atoms with van der Waals surface area (Å²) in [7, 11) is 1.55. The molecule has 0 aliphatic carbocycles. The van der Waals surface area contributed by atoms with Crippen LogP contribution < -0.4 is 5.32 Å². The molecular weight excluding hydrogens is 912 g/mol. The number of allylic oxidation sites excluding steroid dienone is 7. The Morgan fingerprint density at radius 3 is 1.11 bits per heavy atom. The van der Waals surface area contributed by atoms with E-state index in [0.29, 0.717) is 17.4 Å². The Kier molecular flexibility index (Phi) is 53.1. The second-order valence-electron chi connectivity index (χ2n) is 22.4. The van der Waals surface area contributed by atoms with Gasteiger partial charge >= 0.3 is 7.82 Å². The number of aliphatic hydroxyl groups excluding tert-OH is 1. The van der Waals surface area contributed by atoms with Crippen molar-refractivity contribution in [2.45, 2.75) is 309 Å². The molecule has 0 spiro atoms. The largest absolute Gasteiger partial charge is 0.472 e. The number of carbonyl (C=O) groups is 1. The molecule has 0 saturated carbocycles. The van der Waals surface area contributed by atoms with E-state index in [0.717, 1.165) is 44.9 Å². The van der Waals surface area contributed by atoms with Gasteiger partial charge in [0.25, 0.3) is 0 Å². The third-order valence-corrected chi connectivity index (χ3v) is 15.0. The zero-order chi connectivity index (χ0) is 52.7. The molecule has 424 valence electrons. The van der Waals surface area contributed by atoms with Crippen molar-refractivity contribution >= 4 is 13.7 Å². The van der Waals surface area contributed by atoms with Gasteiger partial charge < -0.3 is 19.8 Å². The lowest BCUT2D eigenvalue weighted by Crippen LogP contribution is -2.45. The standard InChI is InChI=1S/C63H121N2O6P/c1-6-8-10-12-14-16-18-20-22-24-26-27-28-29-30-31-32-33-34-35-36-37-39-40-42-44-46-48-50-52-54-56-62(66)61(60-71-72(68,69)70-59-58-65(3,4)5)64-63(67)57-55-53-51-49-47-45-43-41-38-25-23-21-19-17-15-13-11-9-7-2/h21,23,39-40,46,48,54,56,61-62,66H,6-20,22,24-38,41-45,47,49-53,55,57-60H2,1-5H3,(H-,64,67,68,69)/p+1/b23-21-,40-39+,48-46+,56-54+. The number of quaternary nitrogens is 1. The number of nitrogens with one attached hydrogen (secondary N) is 1. The van der Waals surface area contributed by atoms with Crippen molar-refractivity contribution in [2.24, 2.45) is 0 Å². The van der Waals surface area contributed by atoms with Crippen LogP contribution in [0.5, 0.6) is 0 Å². The molecule has 0 aliphatic heterocycles. The molecule has 0 bridgehead atoms. The smallest absolute Gasteiger partial charge is 0.387 e. The SMILES string of the molecule is CCCCCCCC/C=C\CCCCCCCCCCCC(=O)NC(COP(=O)(O)OCC[N+](C)(C)C)C(O)/C=C/CC/C=C/CC/C=C/CCCCCCCCCCCCCCCCCCCCCCC. The third-order valence-electron chi connectivity index (χ3n) is 14.0. The molecule has 0 fully saturated rings. The number of carbonyl (C=O) groups excluding carboxylic acids is 1. The van der Waals surface area contributed by atoms with Crippen molar-refractivity contribution in [1.29, 1.82) is 0 Å². The van der Waals surface area contributed by atoms with Gasteiger partial charge in [0.1, 0.15) is 13.2 Å². The van der Waals surface area contributed by atoms with Crippen molar-refractivity contribution in [3.63, 3.8) is 0 Å². The lowest BCUT2D eigenvalue weighted by molar-refractivity contribution is -0.870. The number of rotatable bonds is 57. The molecule has 72 heavy (non-hydrogen) atoms. The minimum atomic E-state index is -4.36. The normalized spacial score (nSPS) is 14.2. The highest BCUT2D eigenvalue weighted by molar-refractivity contribution is 7.47. The number of hydrogen-bond acceptors (Lipinski definition) is 5. The Hall–Kier alpha value is -1.54. The van der Waals surface area contributed by atoms with Gasteiger partial charge in [0.15, 0.2) is 0 Å². The van der Waals surface area contributed by atoms with E-state index in [1.807, 2.05) is 27.2 Å². The summed E-state index contributed by atoms with van der Waals surface area (Å²) in [5.74, 6) is -0.191. The Labute approximate surface area is 448 Å². The second kappa shape index (κ2) is 54.3. The van der Waals surface area contributed by atoms with E-state index in [2.05, 4.69) is 55.6 Å². The molecule has 3 unspecified atom stereocenters. The average molecular weight is 1030 g/mol. The van der Waals surface area contributed by atoms with Crippen LogP contribution in [0.3, 0.4) is 0 Å². The van der Waals surface area contributed by atoms with E-state index in [4.69, 9.17) is 9.05 Å². The Morgan fingerprint density at radius 1 is 0.458 bits per heavy atom. The summed E-state index contributed by atoms with van der Waals surface area (Å²) in [6.45, 7) is 4.81. The summed E-state index contributed by atoms with van der Waals surface area (Å²) >= 11 is 0. The summed E-state index contributed by atoms with van der Waals surface area (Å²) in [5, 5.41) is 13.9. The van der Waals surface area contributed by atoms with E-state index < -0.39 is 20.0 Å². The number of unbranched alkanes of at least 4 members (excludes halogenated alkanes) is 38. The summed E-state index contributed by atoms with van der Waals surface area (Å²) in [4.78, 5) is 23.3. The molecule has 0 rings (SSSR count). The fraction of sp³-hybridized carbons (Fsp3) is 0.857. The average Bonchev–Trinajstić information content (AvgIpc) is 3.34. The molecule has 0 heterocycles. The number of aliphatic hydroxyl groups is 1. The van der Waals surface area contributed by atoms with Crippen LogP contribution in [0.4, 0.5) is 0 Å². The summed E-state index contributed by atoms with van der Waals surface area (Å²) in [6, 6.07) is -0.872. The number of nitrogens with zero attached hydrogens (tertiary/aromatic N) is 1. The maximum Gasteiger partial charge on any atom is 0.472 e. The number of amides is 1. The van der Waals surface area contributed by atoms with Crippen LogP contribution in [0.1, 0.15) is 296 Å². The predicted octanol–water partition coefficient (Wildman–Crippen LogP) is 19.1. The van der Waals surface area contributed by atoms with Crippen LogP contribution in [-0.2, 0) is 18.4 Å². The van der Waals surface area contributed by atoms with Crippen molar-refractivity contribution in [3.05, 3.63) is 48.6 Å². The minimum Gasteiger partial charge on any atom is -0.387 e. The predicted molar refractivity (Wildman–Crippen MR) is 314 cm³/mol. The Morgan fingerprint density at radius 2 is 0.764 bits per heavy atom. The van der Waals surface area contributed by atoms with Crippen molar-refractivity contribution in [1.82, 2.24) is 5.32 Å². The zero-order valence-corrected chi connectivity index (χ0v) is 49.3. The van der Waals surface area contributed by atoms with Crippen LogP contribution in [0, 0.1) is 0 Å². The molecule has 1 amide bonds. The highest BCUT2D eigenvalue weighted by Gasteiger charge is 2.27. The fourth-order valence-electron chi connectivity index (χ4n) is 9.13. The van der Waals surface area contributed by atoms with E-state index in [9.17, 15) is 19.4 Å². The molecule has 0 radical (unpaired) electrons. The lowest BCUT2D eigenvalue weighted by atomic mass is 10.0. The molecule has 8 nitrogen and oxygen atoms in total. The fourth-order valence-corrected chi connectivity index (χ4v) is 9.87. The first-order chi connectivity index (χ1) is 35.0. The van der Waals surface area contributed by atoms with Crippen molar-refractivity contribution in [2.75, 3.05) is 40.9 Å². The molecular formula is C63H122N2O6P+. The molecule has 3 N–H and O–H groups in total. The van der Waals surface area contributed by atoms with Gasteiger partial charge in [-0.3, -0.25) is 13.8 Å². The molecule has 3 atom stereocenters. The Bertz CT molecular complexity index is 1310. The molecule has 0 aliphatic rings. The van der Waals surface area contributed by atoms with E-state index in [-0.39, 0.29) is 19.1 Å². The summed E-state index contributed by atoms with van der Waals surface area (Å²) in [6.07, 6.45) is 72.4. The first kappa shape index (κ1) is 70.5. The van der Waals surface area contributed by atoms with Gasteiger partial charge in [-0.25, -0.2) is 4.57 Å². The minimum absolute atomic E-state index is 0.0528. The molecule has 0 aromatic carbocycles. The van der Waals surface area contributed by atoms with E-state index >= 15 is 0 Å². The van der Waals surface area contributed by atoms with Crippen LogP contribution in [-0.4, -0.2) is 73.4 Å². The molecule has 9 heteroatoms. The number of phosphoric acid groups is 1. The molecule has 0 saturated heterocycles.